The summed E-state index contributed by atoms with van der Waals surface area (Å²) < 4.78 is 1.58. The van der Waals surface area contributed by atoms with E-state index in [0.29, 0.717) is 11.3 Å². The number of aromatic nitrogens is 3. The molecule has 2 rings (SSSR count). The molecule has 0 bridgehead atoms. The van der Waals surface area contributed by atoms with Gasteiger partial charge in [-0.3, -0.25) is 4.79 Å². The van der Waals surface area contributed by atoms with Gasteiger partial charge in [-0.05, 0) is 19.1 Å². The quantitative estimate of drug-likeness (QED) is 0.796. The Morgan fingerprint density at radius 2 is 2.38 bits per heavy atom. The second kappa shape index (κ2) is 4.18. The van der Waals surface area contributed by atoms with Crippen LogP contribution in [-0.2, 0) is 11.2 Å². The molecule has 0 aliphatic rings. The number of nitrogens with zero attached hydrogens (tertiary/aromatic N) is 3. The van der Waals surface area contributed by atoms with Crippen molar-refractivity contribution >= 4 is 17.4 Å². The summed E-state index contributed by atoms with van der Waals surface area (Å²) in [5, 5.41) is 16.0. The highest BCUT2D eigenvalue weighted by atomic mass is 16.4. The molecule has 0 atom stereocenters. The topological polar surface area (TPSA) is 79.5 Å². The van der Waals surface area contributed by atoms with Crippen molar-refractivity contribution in [1.29, 1.82) is 0 Å². The van der Waals surface area contributed by atoms with Crippen LogP contribution in [0.25, 0.3) is 5.65 Å². The maximum absolute atomic E-state index is 10.5. The molecule has 2 heterocycles. The number of hydrogen-bond donors (Lipinski definition) is 2. The highest BCUT2D eigenvalue weighted by Gasteiger charge is 2.06. The van der Waals surface area contributed by atoms with Crippen LogP contribution in [0.2, 0.25) is 0 Å². The van der Waals surface area contributed by atoms with Crippen LogP contribution in [0.5, 0.6) is 0 Å². The molecule has 6 heteroatoms. The van der Waals surface area contributed by atoms with Crippen LogP contribution in [0.1, 0.15) is 12.6 Å². The molecule has 0 aromatic carbocycles. The Kier molecular flexibility index (Phi) is 2.72. The Bertz CT molecular complexity index is 521. The summed E-state index contributed by atoms with van der Waals surface area (Å²) in [4.78, 5) is 14.7. The Morgan fingerprint density at radius 1 is 1.56 bits per heavy atom. The molecule has 0 fully saturated rings. The second-order valence-corrected chi connectivity index (χ2v) is 3.35. The van der Waals surface area contributed by atoms with E-state index in [4.69, 9.17) is 5.11 Å². The number of aliphatic carboxylic acids is 1. The Morgan fingerprint density at radius 3 is 3.06 bits per heavy atom. The van der Waals surface area contributed by atoms with Crippen LogP contribution >= 0.6 is 0 Å². The first-order chi connectivity index (χ1) is 7.69. The predicted octanol–water partition coefficient (Wildman–Crippen LogP) is 0.788. The van der Waals surface area contributed by atoms with Crippen molar-refractivity contribution in [3.8, 4) is 0 Å². The van der Waals surface area contributed by atoms with E-state index in [1.54, 1.807) is 16.8 Å². The van der Waals surface area contributed by atoms with Gasteiger partial charge in [0.2, 0.25) is 0 Å². The van der Waals surface area contributed by atoms with Gasteiger partial charge in [0.1, 0.15) is 5.82 Å². The molecule has 0 radical (unpaired) electrons. The van der Waals surface area contributed by atoms with Gasteiger partial charge < -0.3 is 10.4 Å². The van der Waals surface area contributed by atoms with Crippen LogP contribution < -0.4 is 5.32 Å². The maximum Gasteiger partial charge on any atom is 0.309 e. The minimum atomic E-state index is -0.893. The third-order valence-corrected chi connectivity index (χ3v) is 2.06. The van der Waals surface area contributed by atoms with E-state index in [-0.39, 0.29) is 6.42 Å². The minimum Gasteiger partial charge on any atom is -0.481 e. The lowest BCUT2D eigenvalue weighted by atomic mass is 10.3. The number of nitrogens with one attached hydrogen (secondary N) is 1. The van der Waals surface area contributed by atoms with Gasteiger partial charge in [-0.2, -0.15) is 0 Å². The lowest BCUT2D eigenvalue weighted by molar-refractivity contribution is -0.136. The summed E-state index contributed by atoms with van der Waals surface area (Å²) in [6.45, 7) is 2.77. The minimum absolute atomic E-state index is 0.0834. The molecular formula is C10H12N4O2. The third kappa shape index (κ3) is 2.10. The van der Waals surface area contributed by atoms with Crippen molar-refractivity contribution in [3.05, 3.63) is 24.0 Å². The van der Waals surface area contributed by atoms with Crippen LogP contribution in [0.3, 0.4) is 0 Å². The van der Waals surface area contributed by atoms with E-state index in [9.17, 15) is 4.79 Å². The zero-order chi connectivity index (χ0) is 11.5. The van der Waals surface area contributed by atoms with Crippen molar-refractivity contribution in [2.45, 2.75) is 13.3 Å². The van der Waals surface area contributed by atoms with Crippen molar-refractivity contribution in [2.75, 3.05) is 11.9 Å². The number of carbonyl (C=O) groups is 1. The molecule has 6 nitrogen and oxygen atoms in total. The summed E-state index contributed by atoms with van der Waals surface area (Å²) in [5.74, 6) is -0.149. The monoisotopic (exact) mass is 220 g/mol. The SMILES string of the molecule is CCNc1ccc2nc(CC(=O)O)cn2n1. The normalized spacial score (nSPS) is 10.6. The average molecular weight is 220 g/mol. The molecule has 0 spiro atoms. The molecule has 0 saturated carbocycles. The first-order valence-electron chi connectivity index (χ1n) is 5.00. The number of rotatable bonds is 4. The van der Waals surface area contributed by atoms with Gasteiger partial charge in [0.15, 0.2) is 5.65 Å². The molecule has 2 aromatic rings. The van der Waals surface area contributed by atoms with E-state index in [1.807, 2.05) is 13.0 Å². The predicted molar refractivity (Wildman–Crippen MR) is 58.5 cm³/mol. The van der Waals surface area contributed by atoms with Crippen molar-refractivity contribution in [2.24, 2.45) is 0 Å². The Balaban J connectivity index is 2.34. The highest BCUT2D eigenvalue weighted by molar-refractivity contribution is 5.69. The number of hydrogen-bond acceptors (Lipinski definition) is 4. The van der Waals surface area contributed by atoms with Gasteiger partial charge in [-0.25, -0.2) is 9.50 Å². The number of imidazole rings is 1. The number of anilines is 1. The lowest BCUT2D eigenvalue weighted by Gasteiger charge is -2.00. The average Bonchev–Trinajstić information content (AvgIpc) is 2.58. The maximum atomic E-state index is 10.5. The van der Waals surface area contributed by atoms with Gasteiger partial charge in [0.05, 0.1) is 18.3 Å². The van der Waals surface area contributed by atoms with Crippen LogP contribution in [0.15, 0.2) is 18.3 Å². The molecule has 0 unspecified atom stereocenters. The first kappa shape index (κ1) is 10.4. The van der Waals surface area contributed by atoms with Crippen LogP contribution in [0, 0.1) is 0 Å². The van der Waals surface area contributed by atoms with Crippen molar-refractivity contribution in [3.63, 3.8) is 0 Å². The summed E-state index contributed by atoms with van der Waals surface area (Å²) >= 11 is 0. The summed E-state index contributed by atoms with van der Waals surface area (Å²) in [6.07, 6.45) is 1.55. The summed E-state index contributed by atoms with van der Waals surface area (Å²) in [7, 11) is 0. The van der Waals surface area contributed by atoms with Gasteiger partial charge in [-0.15, -0.1) is 5.10 Å². The molecule has 2 N–H and O–H groups in total. The van der Waals surface area contributed by atoms with Crippen LogP contribution in [-0.4, -0.2) is 32.2 Å². The van der Waals surface area contributed by atoms with Crippen LogP contribution in [0.4, 0.5) is 5.82 Å². The molecule has 16 heavy (non-hydrogen) atoms. The summed E-state index contributed by atoms with van der Waals surface area (Å²) in [5.41, 5.74) is 1.16. The second-order valence-electron chi connectivity index (χ2n) is 3.35. The van der Waals surface area contributed by atoms with E-state index < -0.39 is 5.97 Å². The van der Waals surface area contributed by atoms with E-state index in [2.05, 4.69) is 15.4 Å². The van der Waals surface area contributed by atoms with Crippen molar-refractivity contribution < 1.29 is 9.90 Å². The van der Waals surface area contributed by atoms with Gasteiger partial charge in [-0.1, -0.05) is 0 Å². The highest BCUT2D eigenvalue weighted by Crippen LogP contribution is 2.08. The summed E-state index contributed by atoms with van der Waals surface area (Å²) in [6, 6.07) is 3.62. The van der Waals surface area contributed by atoms with Gasteiger partial charge in [0, 0.05) is 6.54 Å². The molecular weight excluding hydrogens is 208 g/mol. The fourth-order valence-corrected chi connectivity index (χ4v) is 1.45. The van der Waals surface area contributed by atoms with E-state index in [0.717, 1.165) is 12.4 Å². The zero-order valence-corrected chi connectivity index (χ0v) is 8.84. The molecule has 84 valence electrons. The lowest BCUT2D eigenvalue weighted by Crippen LogP contribution is -2.02. The smallest absolute Gasteiger partial charge is 0.309 e. The molecule has 0 amide bonds. The van der Waals surface area contributed by atoms with Crippen molar-refractivity contribution in [1.82, 2.24) is 14.6 Å². The molecule has 0 saturated heterocycles. The largest absolute Gasteiger partial charge is 0.481 e. The molecule has 2 aromatic heterocycles. The Labute approximate surface area is 91.9 Å². The number of carboxylic acid groups (broad SMARTS) is 1. The Hall–Kier alpha value is -2.11. The fraction of sp³-hybridized carbons (Fsp3) is 0.300. The number of fused-ring (bicyclic) bond motifs is 1. The number of carboxylic acids is 1. The standard InChI is InChI=1S/C10H12N4O2/c1-2-11-8-3-4-9-12-7(5-10(15)16)6-14(9)13-8/h3-4,6H,2,5H2,1H3,(H,11,13)(H,15,16). The van der Waals surface area contributed by atoms with E-state index in [1.165, 1.54) is 0 Å². The van der Waals surface area contributed by atoms with E-state index >= 15 is 0 Å². The van der Waals surface area contributed by atoms with Gasteiger partial charge >= 0.3 is 5.97 Å². The molecule has 0 aliphatic heterocycles. The first-order valence-corrected chi connectivity index (χ1v) is 5.00. The van der Waals surface area contributed by atoms with Gasteiger partial charge in [0.25, 0.3) is 0 Å². The molecule has 0 aliphatic carbocycles. The third-order valence-electron chi connectivity index (χ3n) is 2.06. The fourth-order valence-electron chi connectivity index (χ4n) is 1.45. The zero-order valence-electron chi connectivity index (χ0n) is 8.84.